The first-order chi connectivity index (χ1) is 16.6. The first kappa shape index (κ1) is 22.2. The fourth-order valence-electron chi connectivity index (χ4n) is 3.74. The molecule has 7 nitrogen and oxygen atoms in total. The van der Waals surface area contributed by atoms with E-state index in [1.54, 1.807) is 11.3 Å². The molecule has 3 heterocycles. The number of benzene rings is 2. The molecule has 2 aromatic carbocycles. The molecule has 0 unspecified atom stereocenters. The molecule has 0 aliphatic heterocycles. The molecule has 0 saturated heterocycles. The van der Waals surface area contributed by atoms with Crippen LogP contribution in [0.3, 0.4) is 0 Å². The largest absolute Gasteiger partial charge is 0.465 e. The highest BCUT2D eigenvalue weighted by Gasteiger charge is 2.23. The number of aromatic nitrogens is 4. The number of thiazole rings is 1. The number of hydrogen-bond acceptors (Lipinski definition) is 9. The van der Waals surface area contributed by atoms with Gasteiger partial charge in [0, 0.05) is 22.1 Å². The maximum Gasteiger partial charge on any atom is 0.340 e. The number of nitrogens with zero attached hydrogens (tertiary/aromatic N) is 4. The van der Waals surface area contributed by atoms with Gasteiger partial charge >= 0.3 is 5.97 Å². The van der Waals surface area contributed by atoms with Gasteiger partial charge in [-0.05, 0) is 18.6 Å². The van der Waals surface area contributed by atoms with Crippen LogP contribution in [-0.2, 0) is 16.9 Å². The van der Waals surface area contributed by atoms with Crippen molar-refractivity contribution in [3.8, 4) is 11.1 Å². The van der Waals surface area contributed by atoms with Crippen LogP contribution in [0.2, 0.25) is 0 Å². The van der Waals surface area contributed by atoms with Gasteiger partial charge in [-0.25, -0.2) is 9.78 Å². The first-order valence-electron chi connectivity index (χ1n) is 10.5. The third-order valence-corrected chi connectivity index (χ3v) is 6.85. The van der Waals surface area contributed by atoms with Crippen molar-refractivity contribution in [3.63, 3.8) is 0 Å². The Bertz CT molecular complexity index is 1460. The fourth-order valence-corrected chi connectivity index (χ4v) is 5.07. The average molecular weight is 489 g/mol. The molecule has 170 valence electrons. The van der Waals surface area contributed by atoms with Crippen LogP contribution >= 0.6 is 23.1 Å². The fraction of sp³-hybridized carbons (Fsp3) is 0.160. The summed E-state index contributed by atoms with van der Waals surface area (Å²) in [5.41, 5.74) is 4.47. The minimum atomic E-state index is -0.433. The zero-order valence-corrected chi connectivity index (χ0v) is 20.2. The summed E-state index contributed by atoms with van der Waals surface area (Å²) in [5, 5.41) is 12.6. The minimum Gasteiger partial charge on any atom is -0.465 e. The molecular weight excluding hydrogens is 468 g/mol. The second-order valence-electron chi connectivity index (χ2n) is 7.47. The molecule has 5 aromatic rings. The molecule has 0 fully saturated rings. The van der Waals surface area contributed by atoms with Crippen LogP contribution in [-0.4, -0.2) is 33.2 Å². The highest BCUT2D eigenvalue weighted by molar-refractivity contribution is 7.98. The molecule has 5 rings (SSSR count). The lowest BCUT2D eigenvalue weighted by atomic mass is 9.94. The average Bonchev–Trinajstić information content (AvgIpc) is 3.50. The number of methoxy groups -OCH3 is 1. The van der Waals surface area contributed by atoms with Gasteiger partial charge in [0.15, 0.2) is 0 Å². The maximum absolute atomic E-state index is 13.0. The van der Waals surface area contributed by atoms with Crippen molar-refractivity contribution in [1.29, 1.82) is 0 Å². The van der Waals surface area contributed by atoms with Crippen molar-refractivity contribution in [2.75, 3.05) is 7.11 Å². The van der Waals surface area contributed by atoms with Gasteiger partial charge < -0.3 is 9.15 Å². The number of carbonyl (C=O) groups is 1. The van der Waals surface area contributed by atoms with Crippen molar-refractivity contribution in [1.82, 2.24) is 20.2 Å². The lowest BCUT2D eigenvalue weighted by Crippen LogP contribution is -2.10. The van der Waals surface area contributed by atoms with Crippen LogP contribution in [0.1, 0.15) is 32.6 Å². The van der Waals surface area contributed by atoms with Crippen LogP contribution in [0.5, 0.6) is 0 Å². The Morgan fingerprint density at radius 1 is 1.06 bits per heavy atom. The Balaban J connectivity index is 1.50. The van der Waals surface area contributed by atoms with Gasteiger partial charge in [-0.1, -0.05) is 60.3 Å². The minimum absolute atomic E-state index is 0.368. The highest BCUT2D eigenvalue weighted by Crippen LogP contribution is 2.35. The third kappa shape index (κ3) is 4.57. The van der Waals surface area contributed by atoms with E-state index < -0.39 is 5.97 Å². The van der Waals surface area contributed by atoms with Crippen molar-refractivity contribution in [2.24, 2.45) is 0 Å². The summed E-state index contributed by atoms with van der Waals surface area (Å²) in [6, 6.07) is 17.6. The molecule has 0 saturated carbocycles. The topological polar surface area (TPSA) is 91.0 Å². The molecule has 0 amide bonds. The first-order valence-corrected chi connectivity index (χ1v) is 12.4. The Morgan fingerprint density at radius 2 is 1.85 bits per heavy atom. The lowest BCUT2D eigenvalue weighted by molar-refractivity contribution is 0.0600. The van der Waals surface area contributed by atoms with E-state index in [1.165, 1.54) is 18.9 Å². The van der Waals surface area contributed by atoms with Crippen LogP contribution in [0.25, 0.3) is 22.0 Å². The normalized spacial score (nSPS) is 11.1. The lowest BCUT2D eigenvalue weighted by Gasteiger charge is -2.15. The van der Waals surface area contributed by atoms with E-state index in [2.05, 4.69) is 15.2 Å². The van der Waals surface area contributed by atoms with Crippen molar-refractivity contribution in [2.45, 2.75) is 24.3 Å². The van der Waals surface area contributed by atoms with E-state index in [0.717, 1.165) is 32.7 Å². The zero-order valence-electron chi connectivity index (χ0n) is 18.5. The van der Waals surface area contributed by atoms with Gasteiger partial charge in [-0.3, -0.25) is 4.98 Å². The Kier molecular flexibility index (Phi) is 6.37. The second-order valence-corrected chi connectivity index (χ2v) is 9.46. The van der Waals surface area contributed by atoms with E-state index in [4.69, 9.17) is 14.1 Å². The van der Waals surface area contributed by atoms with Crippen LogP contribution in [0.4, 0.5) is 0 Å². The summed E-state index contributed by atoms with van der Waals surface area (Å²) in [6.07, 6.45) is 0.484. The van der Waals surface area contributed by atoms with Gasteiger partial charge in [0.1, 0.15) is 0 Å². The summed E-state index contributed by atoms with van der Waals surface area (Å²) in [5.74, 6) is 0.433. The third-order valence-electron chi connectivity index (χ3n) is 5.20. The van der Waals surface area contributed by atoms with E-state index in [0.29, 0.717) is 34.5 Å². The standard InChI is InChI=1S/C25H20N4O3S2/c1-15-26-17(13-33-15)12-21-28-29-25(32-21)34-14-20-23(24(30)31-2)22(16-8-4-3-5-9-16)18-10-6-7-11-19(18)27-20/h3-11,13H,12,14H2,1-2H3. The van der Waals surface area contributed by atoms with E-state index in [-0.39, 0.29) is 0 Å². The monoisotopic (exact) mass is 488 g/mol. The Morgan fingerprint density at radius 3 is 2.62 bits per heavy atom. The van der Waals surface area contributed by atoms with Crippen molar-refractivity contribution < 1.29 is 13.9 Å². The highest BCUT2D eigenvalue weighted by atomic mass is 32.2. The number of ether oxygens (including phenoxy) is 1. The molecular formula is C25H20N4O3S2. The number of hydrogen-bond donors (Lipinski definition) is 0. The number of carbonyl (C=O) groups excluding carboxylic acids is 1. The van der Waals surface area contributed by atoms with Crippen molar-refractivity contribution in [3.05, 3.63) is 87.8 Å². The molecule has 9 heteroatoms. The van der Waals surface area contributed by atoms with Crippen LogP contribution in [0, 0.1) is 6.92 Å². The summed E-state index contributed by atoms with van der Waals surface area (Å²) < 4.78 is 11.0. The molecule has 3 aromatic heterocycles. The van der Waals surface area contributed by atoms with Crippen molar-refractivity contribution >= 4 is 40.0 Å². The van der Waals surface area contributed by atoms with E-state index in [9.17, 15) is 4.79 Å². The molecule has 0 N–H and O–H groups in total. The quantitative estimate of drug-likeness (QED) is 0.212. The van der Waals surface area contributed by atoms with Crippen LogP contribution < -0.4 is 0 Å². The number of esters is 1. The number of aryl methyl sites for hydroxylation is 1. The predicted octanol–water partition coefficient (Wildman–Crippen LogP) is 5.72. The summed E-state index contributed by atoms with van der Waals surface area (Å²) in [7, 11) is 1.38. The molecule has 34 heavy (non-hydrogen) atoms. The Labute approximate surface area is 204 Å². The number of thioether (sulfide) groups is 1. The molecule has 0 atom stereocenters. The maximum atomic E-state index is 13.0. The number of fused-ring (bicyclic) bond motifs is 1. The summed E-state index contributed by atoms with van der Waals surface area (Å²) in [6.45, 7) is 1.96. The molecule has 0 aliphatic carbocycles. The molecule has 0 spiro atoms. The summed E-state index contributed by atoms with van der Waals surface area (Å²) >= 11 is 2.92. The SMILES string of the molecule is COC(=O)c1c(CSc2nnc(Cc3csc(C)n3)o2)nc2ccccc2c1-c1ccccc1. The second kappa shape index (κ2) is 9.74. The van der Waals surface area contributed by atoms with Crippen LogP contribution in [0.15, 0.2) is 69.6 Å². The molecule has 0 bridgehead atoms. The predicted molar refractivity (Wildman–Crippen MR) is 132 cm³/mol. The van der Waals surface area contributed by atoms with Gasteiger partial charge in [-0.15, -0.1) is 21.5 Å². The van der Waals surface area contributed by atoms with E-state index in [1.807, 2.05) is 66.9 Å². The van der Waals surface area contributed by atoms with E-state index >= 15 is 0 Å². The van der Waals surface area contributed by atoms with Gasteiger partial charge in [-0.2, -0.15) is 0 Å². The van der Waals surface area contributed by atoms with Gasteiger partial charge in [0.25, 0.3) is 5.22 Å². The van der Waals surface area contributed by atoms with Gasteiger partial charge in [0.2, 0.25) is 5.89 Å². The zero-order chi connectivity index (χ0) is 23.5. The summed E-state index contributed by atoms with van der Waals surface area (Å²) in [4.78, 5) is 22.2. The van der Waals surface area contributed by atoms with Gasteiger partial charge in [0.05, 0.1) is 41.0 Å². The number of para-hydroxylation sites is 1. The molecule has 0 aliphatic rings. The number of pyridine rings is 1. The Hall–Kier alpha value is -3.56. The number of rotatable bonds is 7. The smallest absolute Gasteiger partial charge is 0.340 e. The molecule has 0 radical (unpaired) electrons.